The monoisotopic (exact) mass is 245 g/mol. The fourth-order valence-electron chi connectivity index (χ4n) is 1.37. The largest absolute Gasteiger partial charge is 0.495 e. The zero-order chi connectivity index (χ0) is 12.1. The minimum absolute atomic E-state index is 0.256. The van der Waals surface area contributed by atoms with E-state index in [1.807, 2.05) is 18.0 Å². The Kier molecular flexibility index (Phi) is 4.86. The number of benzene rings is 1. The van der Waals surface area contributed by atoms with Crippen molar-refractivity contribution in [2.24, 2.45) is 0 Å². The second-order valence-electron chi connectivity index (χ2n) is 3.54. The van der Waals surface area contributed by atoms with Gasteiger partial charge in [-0.2, -0.15) is 0 Å². The Hall–Kier alpha value is -0.970. The zero-order valence-corrected chi connectivity index (χ0v) is 10.1. The highest BCUT2D eigenvalue weighted by atomic mass is 35.5. The van der Waals surface area contributed by atoms with Gasteiger partial charge in [-0.15, -0.1) is 0 Å². The highest BCUT2D eigenvalue weighted by molar-refractivity contribution is 6.32. The number of aliphatic hydroxyl groups is 2. The van der Waals surface area contributed by atoms with Gasteiger partial charge in [-0.3, -0.25) is 0 Å². The van der Waals surface area contributed by atoms with Crippen LogP contribution in [-0.4, -0.2) is 43.6 Å². The first-order chi connectivity index (χ1) is 7.58. The van der Waals surface area contributed by atoms with E-state index in [4.69, 9.17) is 21.4 Å². The van der Waals surface area contributed by atoms with E-state index in [1.165, 1.54) is 0 Å². The summed E-state index contributed by atoms with van der Waals surface area (Å²) in [5.41, 5.74) is 0.860. The fourth-order valence-corrected chi connectivity index (χ4v) is 1.62. The van der Waals surface area contributed by atoms with Crippen LogP contribution in [0.25, 0.3) is 0 Å². The van der Waals surface area contributed by atoms with Crippen LogP contribution >= 0.6 is 11.6 Å². The first-order valence-corrected chi connectivity index (χ1v) is 5.30. The van der Waals surface area contributed by atoms with E-state index in [1.54, 1.807) is 19.2 Å². The molecule has 0 saturated carbocycles. The molecule has 0 aliphatic carbocycles. The number of anilines is 1. The summed E-state index contributed by atoms with van der Waals surface area (Å²) in [4.78, 5) is 1.81. The van der Waals surface area contributed by atoms with Crippen LogP contribution in [0.2, 0.25) is 5.02 Å². The van der Waals surface area contributed by atoms with Crippen LogP contribution in [0.3, 0.4) is 0 Å². The van der Waals surface area contributed by atoms with Gasteiger partial charge in [-0.05, 0) is 18.2 Å². The number of aliphatic hydroxyl groups excluding tert-OH is 2. The van der Waals surface area contributed by atoms with Gasteiger partial charge in [-0.1, -0.05) is 11.6 Å². The molecule has 1 aromatic carbocycles. The van der Waals surface area contributed by atoms with Crippen LogP contribution in [0, 0.1) is 0 Å². The molecule has 90 valence electrons. The molecule has 0 saturated heterocycles. The van der Waals surface area contributed by atoms with Gasteiger partial charge in [0.25, 0.3) is 0 Å². The van der Waals surface area contributed by atoms with E-state index in [0.29, 0.717) is 17.3 Å². The number of methoxy groups -OCH3 is 1. The first-order valence-electron chi connectivity index (χ1n) is 4.92. The van der Waals surface area contributed by atoms with E-state index in [0.717, 1.165) is 5.69 Å². The number of likely N-dealkylation sites (N-methyl/N-ethyl adjacent to an activating group) is 1. The molecule has 4 nitrogen and oxygen atoms in total. The number of halogens is 1. The molecule has 1 aromatic rings. The molecule has 0 aromatic heterocycles. The lowest BCUT2D eigenvalue weighted by Crippen LogP contribution is -2.31. The predicted octanol–water partition coefficient (Wildman–Crippen LogP) is 1.14. The van der Waals surface area contributed by atoms with Gasteiger partial charge in [0.05, 0.1) is 24.8 Å². The maximum absolute atomic E-state index is 9.31. The number of rotatable bonds is 5. The van der Waals surface area contributed by atoms with Crippen molar-refractivity contribution in [3.8, 4) is 5.75 Å². The van der Waals surface area contributed by atoms with Crippen molar-refractivity contribution in [2.45, 2.75) is 6.10 Å². The van der Waals surface area contributed by atoms with Gasteiger partial charge in [0.15, 0.2) is 0 Å². The Morgan fingerprint density at radius 1 is 1.50 bits per heavy atom. The van der Waals surface area contributed by atoms with E-state index >= 15 is 0 Å². The molecule has 1 atom stereocenters. The number of hydrogen-bond acceptors (Lipinski definition) is 4. The fraction of sp³-hybridized carbons (Fsp3) is 0.455. The lowest BCUT2D eigenvalue weighted by Gasteiger charge is -2.22. The van der Waals surface area contributed by atoms with E-state index in [2.05, 4.69) is 0 Å². The first kappa shape index (κ1) is 13.1. The minimum Gasteiger partial charge on any atom is -0.495 e. The van der Waals surface area contributed by atoms with Gasteiger partial charge < -0.3 is 19.8 Å². The molecule has 0 aliphatic rings. The zero-order valence-electron chi connectivity index (χ0n) is 9.35. The Bertz CT molecular complexity index is 346. The van der Waals surface area contributed by atoms with Crippen LogP contribution in [0.5, 0.6) is 5.75 Å². The molecule has 0 radical (unpaired) electrons. The Balaban J connectivity index is 2.76. The van der Waals surface area contributed by atoms with Gasteiger partial charge in [0.2, 0.25) is 0 Å². The molecule has 1 rings (SSSR count). The van der Waals surface area contributed by atoms with Gasteiger partial charge in [-0.25, -0.2) is 0 Å². The Morgan fingerprint density at radius 3 is 2.69 bits per heavy atom. The number of hydrogen-bond donors (Lipinski definition) is 2. The predicted molar refractivity (Wildman–Crippen MR) is 64.4 cm³/mol. The van der Waals surface area contributed by atoms with Gasteiger partial charge in [0, 0.05) is 19.3 Å². The number of ether oxygens (including phenoxy) is 1. The van der Waals surface area contributed by atoms with Crippen LogP contribution in [0.4, 0.5) is 5.69 Å². The maximum Gasteiger partial charge on any atom is 0.137 e. The van der Waals surface area contributed by atoms with Crippen molar-refractivity contribution >= 4 is 17.3 Å². The molecule has 0 bridgehead atoms. The summed E-state index contributed by atoms with van der Waals surface area (Å²) in [5.74, 6) is 0.613. The third-order valence-electron chi connectivity index (χ3n) is 2.27. The van der Waals surface area contributed by atoms with Crippen molar-refractivity contribution < 1.29 is 14.9 Å². The average Bonchev–Trinajstić information content (AvgIpc) is 2.28. The third-order valence-corrected chi connectivity index (χ3v) is 2.57. The van der Waals surface area contributed by atoms with Crippen LogP contribution in [0.1, 0.15) is 0 Å². The van der Waals surface area contributed by atoms with Crippen molar-refractivity contribution in [3.05, 3.63) is 23.2 Å². The van der Waals surface area contributed by atoms with Crippen LogP contribution in [0.15, 0.2) is 18.2 Å². The van der Waals surface area contributed by atoms with E-state index in [9.17, 15) is 5.11 Å². The lowest BCUT2D eigenvalue weighted by atomic mass is 10.2. The molecule has 0 fully saturated rings. The quantitative estimate of drug-likeness (QED) is 0.817. The normalized spacial score (nSPS) is 12.3. The molecular formula is C11H16ClNO3. The number of nitrogens with zero attached hydrogens (tertiary/aromatic N) is 1. The topological polar surface area (TPSA) is 52.9 Å². The summed E-state index contributed by atoms with van der Waals surface area (Å²) in [7, 11) is 3.37. The van der Waals surface area contributed by atoms with Crippen molar-refractivity contribution in [2.75, 3.05) is 32.2 Å². The summed E-state index contributed by atoms with van der Waals surface area (Å²) in [6.07, 6.45) is -0.758. The summed E-state index contributed by atoms with van der Waals surface area (Å²) in [6.45, 7) is 0.0907. The third kappa shape index (κ3) is 3.27. The smallest absolute Gasteiger partial charge is 0.137 e. The summed E-state index contributed by atoms with van der Waals surface area (Å²) >= 11 is 5.98. The molecule has 0 amide bonds. The molecule has 0 spiro atoms. The Morgan fingerprint density at radius 2 is 2.19 bits per heavy atom. The van der Waals surface area contributed by atoms with E-state index in [-0.39, 0.29) is 6.61 Å². The SMILES string of the molecule is COc1ccc(N(C)CC(O)CO)cc1Cl. The van der Waals surface area contributed by atoms with Crippen molar-refractivity contribution in [1.29, 1.82) is 0 Å². The summed E-state index contributed by atoms with van der Waals surface area (Å²) in [5, 5.41) is 18.6. The second kappa shape index (κ2) is 5.94. The molecular weight excluding hydrogens is 230 g/mol. The highest BCUT2D eigenvalue weighted by Gasteiger charge is 2.09. The van der Waals surface area contributed by atoms with Crippen molar-refractivity contribution in [1.82, 2.24) is 0 Å². The standard InChI is InChI=1S/C11H16ClNO3/c1-13(6-9(15)7-14)8-3-4-11(16-2)10(12)5-8/h3-5,9,14-15H,6-7H2,1-2H3. The van der Waals surface area contributed by atoms with Crippen LogP contribution in [-0.2, 0) is 0 Å². The Labute approximate surface area is 100 Å². The molecule has 5 heteroatoms. The molecule has 1 unspecified atom stereocenters. The lowest BCUT2D eigenvalue weighted by molar-refractivity contribution is 0.101. The second-order valence-corrected chi connectivity index (χ2v) is 3.94. The van der Waals surface area contributed by atoms with Gasteiger partial charge in [0.1, 0.15) is 5.75 Å². The minimum atomic E-state index is -0.758. The summed E-state index contributed by atoms with van der Waals surface area (Å²) in [6, 6.07) is 5.36. The average molecular weight is 246 g/mol. The molecule has 0 heterocycles. The molecule has 2 N–H and O–H groups in total. The van der Waals surface area contributed by atoms with E-state index < -0.39 is 6.10 Å². The molecule has 0 aliphatic heterocycles. The van der Waals surface area contributed by atoms with Gasteiger partial charge >= 0.3 is 0 Å². The van der Waals surface area contributed by atoms with Crippen molar-refractivity contribution in [3.63, 3.8) is 0 Å². The highest BCUT2D eigenvalue weighted by Crippen LogP contribution is 2.28. The van der Waals surface area contributed by atoms with Crippen LogP contribution < -0.4 is 9.64 Å². The maximum atomic E-state index is 9.31. The summed E-state index contributed by atoms with van der Waals surface area (Å²) < 4.78 is 5.04. The molecule has 16 heavy (non-hydrogen) atoms.